The molecule has 1 aliphatic rings. The number of nitro benzene ring substituents is 1. The Bertz CT molecular complexity index is 521. The zero-order valence-corrected chi connectivity index (χ0v) is 13.2. The number of non-ortho nitro benzene ring substituents is 1. The second-order valence-electron chi connectivity index (χ2n) is 5.49. The Balaban J connectivity index is 1.80. The van der Waals surface area contributed by atoms with Gasteiger partial charge in [0, 0.05) is 23.1 Å². The molecule has 1 fully saturated rings. The van der Waals surface area contributed by atoms with E-state index in [4.69, 9.17) is 5.73 Å². The lowest BCUT2D eigenvalue weighted by atomic mass is 9.84. The van der Waals surface area contributed by atoms with Crippen LogP contribution in [0.3, 0.4) is 0 Å². The zero-order valence-electron chi connectivity index (χ0n) is 12.4. The summed E-state index contributed by atoms with van der Waals surface area (Å²) in [5.41, 5.74) is 5.82. The zero-order chi connectivity index (χ0) is 15.9. The van der Waals surface area contributed by atoms with Crippen LogP contribution in [0.4, 0.5) is 5.69 Å². The summed E-state index contributed by atoms with van der Waals surface area (Å²) in [4.78, 5) is 23.0. The Morgan fingerprint density at radius 3 is 2.64 bits per heavy atom. The molecule has 0 spiro atoms. The molecule has 7 heteroatoms. The number of nitrogens with one attached hydrogen (secondary N) is 1. The van der Waals surface area contributed by atoms with Gasteiger partial charge in [-0.1, -0.05) is 12.8 Å². The molecular weight excluding hydrogens is 302 g/mol. The standard InChI is InChI=1S/C15H21N3O3S/c16-9-11-3-1-2-4-14(11)17-15(19)10-22-13-7-5-12(6-8-13)18(20)21/h5-8,11,14H,1-4,9-10,16H2,(H,17,19). The minimum Gasteiger partial charge on any atom is -0.352 e. The van der Waals surface area contributed by atoms with E-state index >= 15 is 0 Å². The highest BCUT2D eigenvalue weighted by Crippen LogP contribution is 2.24. The Labute approximate surface area is 134 Å². The Morgan fingerprint density at radius 2 is 2.00 bits per heavy atom. The Morgan fingerprint density at radius 1 is 1.32 bits per heavy atom. The van der Waals surface area contributed by atoms with Crippen molar-refractivity contribution < 1.29 is 9.72 Å². The van der Waals surface area contributed by atoms with Crippen LogP contribution in [0.2, 0.25) is 0 Å². The molecule has 0 aromatic heterocycles. The maximum Gasteiger partial charge on any atom is 0.269 e. The molecule has 0 bridgehead atoms. The van der Waals surface area contributed by atoms with E-state index in [-0.39, 0.29) is 17.6 Å². The molecule has 3 N–H and O–H groups in total. The molecule has 0 saturated heterocycles. The van der Waals surface area contributed by atoms with Crippen molar-refractivity contribution in [2.75, 3.05) is 12.3 Å². The predicted molar refractivity (Wildman–Crippen MR) is 86.8 cm³/mol. The Kier molecular flexibility index (Phi) is 6.21. The monoisotopic (exact) mass is 323 g/mol. The van der Waals surface area contributed by atoms with Gasteiger partial charge in [-0.25, -0.2) is 0 Å². The summed E-state index contributed by atoms with van der Waals surface area (Å²) in [6, 6.07) is 6.42. The molecule has 0 radical (unpaired) electrons. The number of nitrogens with zero attached hydrogens (tertiary/aromatic N) is 1. The van der Waals surface area contributed by atoms with E-state index in [1.165, 1.54) is 30.3 Å². The molecule has 22 heavy (non-hydrogen) atoms. The van der Waals surface area contributed by atoms with Crippen molar-refractivity contribution in [3.63, 3.8) is 0 Å². The minimum absolute atomic E-state index is 0.00583. The highest BCUT2D eigenvalue weighted by Gasteiger charge is 2.25. The van der Waals surface area contributed by atoms with E-state index < -0.39 is 4.92 Å². The molecule has 1 amide bonds. The van der Waals surface area contributed by atoms with Gasteiger partial charge in [0.25, 0.3) is 5.69 Å². The van der Waals surface area contributed by atoms with Crippen LogP contribution in [0.15, 0.2) is 29.2 Å². The molecule has 0 heterocycles. The number of hydrogen-bond donors (Lipinski definition) is 2. The lowest BCUT2D eigenvalue weighted by Crippen LogP contribution is -2.45. The Hall–Kier alpha value is -1.60. The first-order valence-corrected chi connectivity index (χ1v) is 8.45. The van der Waals surface area contributed by atoms with Gasteiger partial charge in [0.1, 0.15) is 0 Å². The van der Waals surface area contributed by atoms with E-state index in [1.807, 2.05) is 0 Å². The largest absolute Gasteiger partial charge is 0.352 e. The maximum atomic E-state index is 12.0. The van der Waals surface area contributed by atoms with E-state index in [1.54, 1.807) is 12.1 Å². The predicted octanol–water partition coefficient (Wildman–Crippen LogP) is 2.32. The normalized spacial score (nSPS) is 21.3. The topological polar surface area (TPSA) is 98.3 Å². The van der Waals surface area contributed by atoms with Crippen molar-refractivity contribution in [3.05, 3.63) is 34.4 Å². The van der Waals surface area contributed by atoms with Gasteiger partial charge in [0.15, 0.2) is 0 Å². The molecule has 2 rings (SSSR count). The fourth-order valence-electron chi connectivity index (χ4n) is 2.74. The molecule has 1 aromatic rings. The molecule has 120 valence electrons. The van der Waals surface area contributed by atoms with E-state index in [9.17, 15) is 14.9 Å². The van der Waals surface area contributed by atoms with Gasteiger partial charge in [-0.05, 0) is 37.4 Å². The van der Waals surface area contributed by atoms with E-state index in [2.05, 4.69) is 5.32 Å². The van der Waals surface area contributed by atoms with Crippen molar-refractivity contribution >= 4 is 23.4 Å². The fraction of sp³-hybridized carbons (Fsp3) is 0.533. The van der Waals surface area contributed by atoms with Gasteiger partial charge < -0.3 is 11.1 Å². The third-order valence-corrected chi connectivity index (χ3v) is 4.99. The molecule has 1 aromatic carbocycles. The average molecular weight is 323 g/mol. The lowest BCUT2D eigenvalue weighted by molar-refractivity contribution is -0.384. The van der Waals surface area contributed by atoms with Gasteiger partial charge in [-0.2, -0.15) is 0 Å². The molecule has 6 nitrogen and oxygen atoms in total. The number of carbonyl (C=O) groups excluding carboxylic acids is 1. The number of amides is 1. The van der Waals surface area contributed by atoms with Crippen molar-refractivity contribution in [2.45, 2.75) is 36.6 Å². The third-order valence-electron chi connectivity index (χ3n) is 3.98. The molecule has 1 aliphatic carbocycles. The van der Waals surface area contributed by atoms with E-state index in [0.717, 1.165) is 24.2 Å². The minimum atomic E-state index is -0.433. The van der Waals surface area contributed by atoms with Crippen LogP contribution in [0.1, 0.15) is 25.7 Å². The molecule has 0 aliphatic heterocycles. The van der Waals surface area contributed by atoms with Crippen molar-refractivity contribution in [3.8, 4) is 0 Å². The number of hydrogen-bond acceptors (Lipinski definition) is 5. The summed E-state index contributed by atoms with van der Waals surface area (Å²) < 4.78 is 0. The van der Waals surface area contributed by atoms with Gasteiger partial charge in [-0.15, -0.1) is 11.8 Å². The highest BCUT2D eigenvalue weighted by atomic mass is 32.2. The van der Waals surface area contributed by atoms with E-state index in [0.29, 0.717) is 18.2 Å². The van der Waals surface area contributed by atoms with Crippen LogP contribution in [0.25, 0.3) is 0 Å². The van der Waals surface area contributed by atoms with Crippen LogP contribution >= 0.6 is 11.8 Å². The quantitative estimate of drug-likeness (QED) is 0.475. The van der Waals surface area contributed by atoms with Gasteiger partial charge in [-0.3, -0.25) is 14.9 Å². The van der Waals surface area contributed by atoms with Crippen molar-refractivity contribution in [1.29, 1.82) is 0 Å². The number of carbonyl (C=O) groups is 1. The molecule has 2 atom stereocenters. The fourth-order valence-corrected chi connectivity index (χ4v) is 3.45. The summed E-state index contributed by atoms with van der Waals surface area (Å²) >= 11 is 1.38. The maximum absolute atomic E-state index is 12.0. The average Bonchev–Trinajstić information content (AvgIpc) is 2.54. The van der Waals surface area contributed by atoms with Crippen LogP contribution in [0.5, 0.6) is 0 Å². The second-order valence-corrected chi connectivity index (χ2v) is 6.54. The van der Waals surface area contributed by atoms with Gasteiger partial charge in [0.05, 0.1) is 10.7 Å². The third kappa shape index (κ3) is 4.71. The van der Waals surface area contributed by atoms with Crippen LogP contribution in [0, 0.1) is 16.0 Å². The second kappa shape index (κ2) is 8.14. The van der Waals surface area contributed by atoms with Gasteiger partial charge in [0.2, 0.25) is 5.91 Å². The van der Waals surface area contributed by atoms with Crippen molar-refractivity contribution in [2.24, 2.45) is 11.7 Å². The first-order valence-electron chi connectivity index (χ1n) is 7.47. The molecule has 1 saturated carbocycles. The first-order chi connectivity index (χ1) is 10.6. The SMILES string of the molecule is NCC1CCCCC1NC(=O)CSc1ccc([N+](=O)[O-])cc1. The summed E-state index contributed by atoms with van der Waals surface area (Å²) in [5, 5.41) is 13.7. The summed E-state index contributed by atoms with van der Waals surface area (Å²) in [7, 11) is 0. The first kappa shape index (κ1) is 16.8. The number of nitrogens with two attached hydrogens (primary N) is 1. The number of thioether (sulfide) groups is 1. The summed E-state index contributed by atoms with van der Waals surface area (Å²) in [5.74, 6) is 0.682. The number of benzene rings is 1. The summed E-state index contributed by atoms with van der Waals surface area (Å²) in [6.45, 7) is 0.612. The number of rotatable bonds is 6. The smallest absolute Gasteiger partial charge is 0.269 e. The van der Waals surface area contributed by atoms with Crippen molar-refractivity contribution in [1.82, 2.24) is 5.32 Å². The number of nitro groups is 1. The van der Waals surface area contributed by atoms with Gasteiger partial charge >= 0.3 is 0 Å². The molecule has 2 unspecified atom stereocenters. The van der Waals surface area contributed by atoms with Crippen LogP contribution in [-0.2, 0) is 4.79 Å². The lowest BCUT2D eigenvalue weighted by Gasteiger charge is -2.31. The van der Waals surface area contributed by atoms with Crippen LogP contribution in [-0.4, -0.2) is 29.2 Å². The summed E-state index contributed by atoms with van der Waals surface area (Å²) in [6.07, 6.45) is 4.40. The van der Waals surface area contributed by atoms with Crippen LogP contribution < -0.4 is 11.1 Å². The molecular formula is C15H21N3O3S. The highest BCUT2D eigenvalue weighted by molar-refractivity contribution is 8.00.